The average molecular weight is 359 g/mol. The highest BCUT2D eigenvalue weighted by atomic mass is 16.4. The summed E-state index contributed by atoms with van der Waals surface area (Å²) in [7, 11) is 0. The predicted molar refractivity (Wildman–Crippen MR) is 107 cm³/mol. The molecule has 0 fully saturated rings. The zero-order chi connectivity index (χ0) is 19.6. The van der Waals surface area contributed by atoms with E-state index in [4.69, 9.17) is 0 Å². The SMILES string of the molecule is CC(C)(C)c1ccc(/C=C(/C(=O)C(=O)O)c2ccc3ccccc3n2)cc1. The van der Waals surface area contributed by atoms with Gasteiger partial charge in [-0.2, -0.15) is 0 Å². The molecule has 0 atom stereocenters. The van der Waals surface area contributed by atoms with E-state index < -0.39 is 11.8 Å². The van der Waals surface area contributed by atoms with Gasteiger partial charge >= 0.3 is 5.97 Å². The lowest BCUT2D eigenvalue weighted by atomic mass is 9.86. The van der Waals surface area contributed by atoms with Crippen LogP contribution in [-0.2, 0) is 15.0 Å². The Morgan fingerprint density at radius 3 is 2.22 bits per heavy atom. The smallest absolute Gasteiger partial charge is 0.377 e. The molecule has 0 saturated heterocycles. The van der Waals surface area contributed by atoms with Crippen molar-refractivity contribution in [1.82, 2.24) is 4.98 Å². The lowest BCUT2D eigenvalue weighted by molar-refractivity contribution is -0.146. The quantitative estimate of drug-likeness (QED) is 0.540. The van der Waals surface area contributed by atoms with Crippen molar-refractivity contribution in [2.75, 3.05) is 0 Å². The van der Waals surface area contributed by atoms with Gasteiger partial charge in [-0.15, -0.1) is 0 Å². The summed E-state index contributed by atoms with van der Waals surface area (Å²) in [6, 6.07) is 18.8. The fraction of sp³-hybridized carbons (Fsp3) is 0.174. The number of carbonyl (C=O) groups excluding carboxylic acids is 1. The van der Waals surface area contributed by atoms with Gasteiger partial charge in [0.15, 0.2) is 0 Å². The summed E-state index contributed by atoms with van der Waals surface area (Å²) < 4.78 is 0. The van der Waals surface area contributed by atoms with E-state index >= 15 is 0 Å². The zero-order valence-electron chi connectivity index (χ0n) is 15.6. The lowest BCUT2D eigenvalue weighted by Gasteiger charge is -2.18. The molecule has 0 aliphatic carbocycles. The van der Waals surface area contributed by atoms with Crippen LogP contribution in [0.2, 0.25) is 0 Å². The number of rotatable bonds is 4. The third-order valence-corrected chi connectivity index (χ3v) is 4.40. The number of carbonyl (C=O) groups is 2. The first-order valence-corrected chi connectivity index (χ1v) is 8.72. The molecule has 0 aliphatic rings. The fourth-order valence-corrected chi connectivity index (χ4v) is 2.83. The number of aromatic nitrogens is 1. The first-order chi connectivity index (χ1) is 12.8. The number of hydrogen-bond acceptors (Lipinski definition) is 3. The second-order valence-corrected chi connectivity index (χ2v) is 7.45. The van der Waals surface area contributed by atoms with Crippen molar-refractivity contribution < 1.29 is 14.7 Å². The number of carboxylic acids is 1. The molecule has 4 heteroatoms. The summed E-state index contributed by atoms with van der Waals surface area (Å²) in [6.07, 6.45) is 1.58. The molecule has 1 heterocycles. The van der Waals surface area contributed by atoms with E-state index in [9.17, 15) is 14.7 Å². The van der Waals surface area contributed by atoms with Gasteiger partial charge in [-0.1, -0.05) is 69.3 Å². The van der Waals surface area contributed by atoms with E-state index in [1.807, 2.05) is 54.6 Å². The lowest BCUT2D eigenvalue weighted by Crippen LogP contribution is -2.15. The average Bonchev–Trinajstić information content (AvgIpc) is 2.64. The third-order valence-electron chi connectivity index (χ3n) is 4.40. The summed E-state index contributed by atoms with van der Waals surface area (Å²) in [5, 5.41) is 10.2. The first-order valence-electron chi connectivity index (χ1n) is 8.72. The molecule has 0 amide bonds. The molecule has 136 valence electrons. The molecule has 1 N–H and O–H groups in total. The van der Waals surface area contributed by atoms with Crippen LogP contribution in [-0.4, -0.2) is 21.8 Å². The van der Waals surface area contributed by atoms with E-state index in [0.717, 1.165) is 16.5 Å². The van der Waals surface area contributed by atoms with Crippen LogP contribution < -0.4 is 0 Å². The molecule has 0 saturated carbocycles. The monoisotopic (exact) mass is 359 g/mol. The molecule has 0 bridgehead atoms. The molecule has 0 aliphatic heterocycles. The zero-order valence-corrected chi connectivity index (χ0v) is 15.6. The first kappa shape index (κ1) is 18.5. The number of carboxylic acid groups (broad SMARTS) is 1. The standard InChI is InChI=1S/C23H21NO3/c1-23(2,3)17-11-8-15(9-12-17)14-18(21(25)22(26)27)20-13-10-16-6-4-5-7-19(16)24-20/h4-14H,1-3H3,(H,26,27)/b18-14+. The molecule has 1 aromatic heterocycles. The van der Waals surface area contributed by atoms with Gasteiger partial charge in [-0.3, -0.25) is 4.79 Å². The Bertz CT molecular complexity index is 1040. The van der Waals surface area contributed by atoms with E-state index in [2.05, 4.69) is 25.8 Å². The molecular weight excluding hydrogens is 338 g/mol. The van der Waals surface area contributed by atoms with Gasteiger partial charge in [-0.25, -0.2) is 9.78 Å². The Morgan fingerprint density at radius 2 is 1.59 bits per heavy atom. The van der Waals surface area contributed by atoms with Crippen molar-refractivity contribution in [3.8, 4) is 0 Å². The summed E-state index contributed by atoms with van der Waals surface area (Å²) in [4.78, 5) is 28.1. The van der Waals surface area contributed by atoms with Gasteiger partial charge < -0.3 is 5.11 Å². The third kappa shape index (κ3) is 4.11. The van der Waals surface area contributed by atoms with Gasteiger partial charge in [-0.05, 0) is 34.8 Å². The summed E-state index contributed by atoms with van der Waals surface area (Å²) in [5.74, 6) is -2.47. The largest absolute Gasteiger partial charge is 0.475 e. The molecule has 4 nitrogen and oxygen atoms in total. The molecule has 0 spiro atoms. The van der Waals surface area contributed by atoms with Crippen LogP contribution in [0.4, 0.5) is 0 Å². The Hall–Kier alpha value is -3.27. The van der Waals surface area contributed by atoms with Crippen LogP contribution in [0.1, 0.15) is 37.6 Å². The van der Waals surface area contributed by atoms with Crippen molar-refractivity contribution in [2.24, 2.45) is 0 Å². The fourth-order valence-electron chi connectivity index (χ4n) is 2.83. The summed E-state index contributed by atoms with van der Waals surface area (Å²) in [5.41, 5.74) is 3.05. The molecule has 3 aromatic rings. The number of para-hydroxylation sites is 1. The number of hydrogen-bond donors (Lipinski definition) is 1. The summed E-state index contributed by atoms with van der Waals surface area (Å²) in [6.45, 7) is 6.36. The van der Waals surface area contributed by atoms with E-state index in [1.54, 1.807) is 12.1 Å². The Labute approximate surface area is 158 Å². The Kier molecular flexibility index (Phi) is 4.91. The van der Waals surface area contributed by atoms with Crippen molar-refractivity contribution in [3.05, 3.63) is 77.5 Å². The van der Waals surface area contributed by atoms with Gasteiger partial charge in [0, 0.05) is 5.39 Å². The number of benzene rings is 2. The number of fused-ring (bicyclic) bond motifs is 1. The second kappa shape index (κ2) is 7.16. The van der Waals surface area contributed by atoms with E-state index in [0.29, 0.717) is 11.2 Å². The van der Waals surface area contributed by atoms with Crippen molar-refractivity contribution in [3.63, 3.8) is 0 Å². The minimum Gasteiger partial charge on any atom is -0.475 e. The van der Waals surface area contributed by atoms with E-state index in [1.165, 1.54) is 0 Å². The van der Waals surface area contributed by atoms with E-state index in [-0.39, 0.29) is 11.0 Å². The maximum atomic E-state index is 12.3. The second-order valence-electron chi connectivity index (χ2n) is 7.45. The molecular formula is C23H21NO3. The molecule has 0 unspecified atom stereocenters. The van der Waals surface area contributed by atoms with Crippen molar-refractivity contribution >= 4 is 34.3 Å². The minimum absolute atomic E-state index is 0.0157. The number of Topliss-reactive ketones (excluding diaryl/α,β-unsaturated/α-hetero) is 1. The number of aliphatic carboxylic acids is 1. The highest BCUT2D eigenvalue weighted by Crippen LogP contribution is 2.25. The number of ketones is 1. The van der Waals surface area contributed by atoms with Crippen LogP contribution in [0.3, 0.4) is 0 Å². The highest BCUT2D eigenvalue weighted by Gasteiger charge is 2.21. The van der Waals surface area contributed by atoms with Crippen LogP contribution in [0, 0.1) is 0 Å². The normalized spacial score (nSPS) is 12.2. The van der Waals surface area contributed by atoms with Gasteiger partial charge in [0.2, 0.25) is 0 Å². The molecule has 2 aromatic carbocycles. The number of pyridine rings is 1. The van der Waals surface area contributed by atoms with Crippen LogP contribution in [0.5, 0.6) is 0 Å². The summed E-state index contributed by atoms with van der Waals surface area (Å²) >= 11 is 0. The Morgan fingerprint density at radius 1 is 0.926 bits per heavy atom. The molecule has 3 rings (SSSR count). The molecule has 27 heavy (non-hydrogen) atoms. The van der Waals surface area contributed by atoms with Crippen molar-refractivity contribution in [2.45, 2.75) is 26.2 Å². The number of nitrogens with zero attached hydrogens (tertiary/aromatic N) is 1. The maximum Gasteiger partial charge on any atom is 0.377 e. The molecule has 0 radical (unpaired) electrons. The van der Waals surface area contributed by atoms with Crippen LogP contribution in [0.15, 0.2) is 60.7 Å². The topological polar surface area (TPSA) is 67.3 Å². The van der Waals surface area contributed by atoms with Crippen molar-refractivity contribution in [1.29, 1.82) is 0 Å². The predicted octanol–water partition coefficient (Wildman–Crippen LogP) is 4.73. The Balaban J connectivity index is 2.09. The van der Waals surface area contributed by atoms with Gasteiger partial charge in [0.25, 0.3) is 5.78 Å². The highest BCUT2D eigenvalue weighted by molar-refractivity contribution is 6.52. The maximum absolute atomic E-state index is 12.3. The van der Waals surface area contributed by atoms with Gasteiger partial charge in [0.05, 0.1) is 16.8 Å². The van der Waals surface area contributed by atoms with Crippen LogP contribution >= 0.6 is 0 Å². The van der Waals surface area contributed by atoms with Crippen LogP contribution in [0.25, 0.3) is 22.6 Å². The van der Waals surface area contributed by atoms with Gasteiger partial charge in [0.1, 0.15) is 0 Å². The minimum atomic E-state index is -1.50.